The summed E-state index contributed by atoms with van der Waals surface area (Å²) < 4.78 is 1.17. The highest BCUT2D eigenvalue weighted by Gasteiger charge is 2.12. The van der Waals surface area contributed by atoms with Gasteiger partial charge in [0, 0.05) is 0 Å². The van der Waals surface area contributed by atoms with Crippen molar-refractivity contribution in [3.05, 3.63) is 41.7 Å². The predicted octanol–water partition coefficient (Wildman–Crippen LogP) is 0.837. The van der Waals surface area contributed by atoms with E-state index < -0.39 is 5.97 Å². The van der Waals surface area contributed by atoms with Gasteiger partial charge in [0.25, 0.3) is 0 Å². The van der Waals surface area contributed by atoms with Gasteiger partial charge in [-0.15, -0.1) is 5.10 Å². The minimum absolute atomic E-state index is 0.0462. The second-order valence-electron chi connectivity index (χ2n) is 3.00. The lowest BCUT2D eigenvalue weighted by atomic mass is 10.2. The number of aromatic carboxylic acids is 1. The lowest BCUT2D eigenvalue weighted by molar-refractivity contribution is 0.0687. The van der Waals surface area contributed by atoms with Gasteiger partial charge in [0.2, 0.25) is 0 Å². The van der Waals surface area contributed by atoms with Crippen LogP contribution in [0.15, 0.2) is 30.5 Å². The van der Waals surface area contributed by atoms with E-state index in [0.717, 1.165) is 6.20 Å². The van der Waals surface area contributed by atoms with Gasteiger partial charge in [-0.3, -0.25) is 0 Å². The van der Waals surface area contributed by atoms with Crippen LogP contribution in [0.25, 0.3) is 5.69 Å². The average molecular weight is 214 g/mol. The first kappa shape index (κ1) is 9.86. The van der Waals surface area contributed by atoms with E-state index in [1.165, 1.54) is 4.68 Å². The topological polar surface area (TPSA) is 91.8 Å². The van der Waals surface area contributed by atoms with Gasteiger partial charge in [-0.1, -0.05) is 11.3 Å². The van der Waals surface area contributed by atoms with Crippen molar-refractivity contribution in [2.75, 3.05) is 0 Å². The van der Waals surface area contributed by atoms with Crippen LogP contribution in [0.5, 0.6) is 0 Å². The van der Waals surface area contributed by atoms with E-state index in [0.29, 0.717) is 11.3 Å². The van der Waals surface area contributed by atoms with Gasteiger partial charge < -0.3 is 5.11 Å². The average Bonchev–Trinajstić information content (AvgIpc) is 2.78. The van der Waals surface area contributed by atoms with Crippen molar-refractivity contribution >= 4 is 5.97 Å². The predicted molar refractivity (Wildman–Crippen MR) is 53.0 cm³/mol. The number of hydrogen-bond acceptors (Lipinski definition) is 4. The molecule has 0 amide bonds. The van der Waals surface area contributed by atoms with Gasteiger partial charge in [-0.05, 0) is 18.2 Å². The quantitative estimate of drug-likeness (QED) is 0.799. The van der Waals surface area contributed by atoms with Crippen molar-refractivity contribution in [1.82, 2.24) is 15.0 Å². The lowest BCUT2D eigenvalue weighted by Gasteiger charge is -2.02. The molecule has 78 valence electrons. The first-order valence-electron chi connectivity index (χ1n) is 4.37. The number of carboxylic acid groups (broad SMARTS) is 1. The number of nitrogens with zero attached hydrogens (tertiary/aromatic N) is 4. The molecule has 6 nitrogen and oxygen atoms in total. The molecule has 0 saturated carbocycles. The molecule has 0 aliphatic heterocycles. The van der Waals surface area contributed by atoms with Gasteiger partial charge in [0.1, 0.15) is 0 Å². The molecule has 0 atom stereocenters. The maximum Gasteiger partial charge on any atom is 0.356 e. The van der Waals surface area contributed by atoms with Crippen molar-refractivity contribution in [3.63, 3.8) is 0 Å². The van der Waals surface area contributed by atoms with Crippen LogP contribution >= 0.6 is 0 Å². The smallest absolute Gasteiger partial charge is 0.356 e. The molecule has 0 spiro atoms. The van der Waals surface area contributed by atoms with Crippen LogP contribution in [0.4, 0.5) is 0 Å². The number of benzene rings is 1. The number of carbonyl (C=O) groups is 1. The summed E-state index contributed by atoms with van der Waals surface area (Å²) in [4.78, 5) is 10.8. The van der Waals surface area contributed by atoms with E-state index in [-0.39, 0.29) is 5.69 Å². The first-order chi connectivity index (χ1) is 7.72. The highest BCUT2D eigenvalue weighted by atomic mass is 16.4. The molecule has 6 heteroatoms. The summed E-state index contributed by atoms with van der Waals surface area (Å²) in [5.74, 6) is -1.12. The van der Waals surface area contributed by atoms with Crippen molar-refractivity contribution in [2.24, 2.45) is 0 Å². The summed E-state index contributed by atoms with van der Waals surface area (Å²) in [7, 11) is 0. The molecule has 0 fully saturated rings. The molecule has 2 rings (SSSR count). The minimum Gasteiger partial charge on any atom is -0.476 e. The SMILES string of the molecule is N#Cc1cccc(-n2nncc2C(=O)O)c1. The summed E-state index contributed by atoms with van der Waals surface area (Å²) in [5.41, 5.74) is 0.883. The molecule has 16 heavy (non-hydrogen) atoms. The van der Waals surface area contributed by atoms with Crippen molar-refractivity contribution in [3.8, 4) is 11.8 Å². The summed E-state index contributed by atoms with van der Waals surface area (Å²) >= 11 is 0. The molecule has 1 aromatic heterocycles. The zero-order chi connectivity index (χ0) is 11.5. The van der Waals surface area contributed by atoms with E-state index in [1.807, 2.05) is 6.07 Å². The fraction of sp³-hybridized carbons (Fsp3) is 0. The number of nitriles is 1. The number of carboxylic acids is 1. The molecule has 1 aromatic carbocycles. The zero-order valence-electron chi connectivity index (χ0n) is 8.03. The van der Waals surface area contributed by atoms with Crippen molar-refractivity contribution in [2.45, 2.75) is 0 Å². The third-order valence-electron chi connectivity index (χ3n) is 1.99. The Morgan fingerprint density at radius 3 is 3.00 bits per heavy atom. The minimum atomic E-state index is -1.12. The van der Waals surface area contributed by atoms with E-state index in [1.54, 1.807) is 24.3 Å². The molecular formula is C10H6N4O2. The zero-order valence-corrected chi connectivity index (χ0v) is 8.03. The Labute approximate surface area is 90.4 Å². The molecule has 1 N–H and O–H groups in total. The van der Waals surface area contributed by atoms with Crippen LogP contribution in [0.3, 0.4) is 0 Å². The largest absolute Gasteiger partial charge is 0.476 e. The number of hydrogen-bond donors (Lipinski definition) is 1. The van der Waals surface area contributed by atoms with Crippen LogP contribution in [0.1, 0.15) is 16.1 Å². The highest BCUT2D eigenvalue weighted by Crippen LogP contribution is 2.11. The van der Waals surface area contributed by atoms with Crippen LogP contribution in [0.2, 0.25) is 0 Å². The second-order valence-corrected chi connectivity index (χ2v) is 3.00. The maximum absolute atomic E-state index is 10.8. The van der Waals surface area contributed by atoms with Crippen LogP contribution in [-0.4, -0.2) is 26.1 Å². The Balaban J connectivity index is 2.55. The number of aromatic nitrogens is 3. The van der Waals surface area contributed by atoms with Crippen LogP contribution in [0, 0.1) is 11.3 Å². The Morgan fingerprint density at radius 2 is 2.31 bits per heavy atom. The summed E-state index contributed by atoms with van der Waals surface area (Å²) in [6.45, 7) is 0. The third kappa shape index (κ3) is 1.62. The van der Waals surface area contributed by atoms with Gasteiger partial charge in [-0.25, -0.2) is 9.48 Å². The second kappa shape index (κ2) is 3.82. The Hall–Kier alpha value is -2.68. The molecule has 0 unspecified atom stereocenters. The Bertz CT molecular complexity index is 583. The van der Waals surface area contributed by atoms with E-state index in [9.17, 15) is 4.79 Å². The summed E-state index contributed by atoms with van der Waals surface area (Å²) in [5, 5.41) is 24.8. The normalized spacial score (nSPS) is 9.69. The van der Waals surface area contributed by atoms with Crippen molar-refractivity contribution in [1.29, 1.82) is 5.26 Å². The van der Waals surface area contributed by atoms with Gasteiger partial charge >= 0.3 is 5.97 Å². The molecule has 1 heterocycles. The molecule has 0 aliphatic rings. The molecule has 0 aliphatic carbocycles. The fourth-order valence-electron chi connectivity index (χ4n) is 1.28. The van der Waals surface area contributed by atoms with Gasteiger partial charge in [-0.2, -0.15) is 5.26 Å². The molecule has 0 bridgehead atoms. The molecular weight excluding hydrogens is 208 g/mol. The van der Waals surface area contributed by atoms with Crippen LogP contribution < -0.4 is 0 Å². The third-order valence-corrected chi connectivity index (χ3v) is 1.99. The van der Waals surface area contributed by atoms with Crippen LogP contribution in [-0.2, 0) is 0 Å². The van der Waals surface area contributed by atoms with Gasteiger partial charge in [0.05, 0.1) is 23.5 Å². The molecule has 2 aromatic rings. The molecule has 0 radical (unpaired) electrons. The summed E-state index contributed by atoms with van der Waals surface area (Å²) in [6, 6.07) is 8.45. The van der Waals surface area contributed by atoms with Crippen molar-refractivity contribution < 1.29 is 9.90 Å². The highest BCUT2D eigenvalue weighted by molar-refractivity contribution is 5.85. The number of rotatable bonds is 2. The standard InChI is InChI=1S/C10H6N4O2/c11-5-7-2-1-3-8(4-7)14-9(10(15)16)6-12-13-14/h1-4,6H,(H,15,16). The van der Waals surface area contributed by atoms with E-state index in [2.05, 4.69) is 10.3 Å². The maximum atomic E-state index is 10.8. The Morgan fingerprint density at radius 1 is 1.50 bits per heavy atom. The Kier molecular flexibility index (Phi) is 2.36. The first-order valence-corrected chi connectivity index (χ1v) is 4.37. The van der Waals surface area contributed by atoms with Gasteiger partial charge in [0.15, 0.2) is 5.69 Å². The van der Waals surface area contributed by atoms with E-state index >= 15 is 0 Å². The summed E-state index contributed by atoms with van der Waals surface area (Å²) in [6.07, 6.45) is 1.15. The lowest BCUT2D eigenvalue weighted by Crippen LogP contribution is -2.07. The monoisotopic (exact) mass is 214 g/mol. The van der Waals surface area contributed by atoms with E-state index in [4.69, 9.17) is 10.4 Å². The molecule has 0 saturated heterocycles. The fourth-order valence-corrected chi connectivity index (χ4v) is 1.28.